The molecule has 0 aliphatic rings. The highest BCUT2D eigenvalue weighted by Crippen LogP contribution is 2.36. The van der Waals surface area contributed by atoms with Crippen LogP contribution in [0.5, 0.6) is 11.6 Å². The van der Waals surface area contributed by atoms with Crippen LogP contribution in [-0.2, 0) is 0 Å². The molecule has 0 saturated heterocycles. The van der Waals surface area contributed by atoms with E-state index in [0.29, 0.717) is 23.0 Å². The molecule has 0 atom stereocenters. The van der Waals surface area contributed by atoms with Crippen LogP contribution in [0.3, 0.4) is 0 Å². The van der Waals surface area contributed by atoms with E-state index in [1.165, 1.54) is 5.39 Å². The molecule has 2 heterocycles. The summed E-state index contributed by atoms with van der Waals surface area (Å²) < 4.78 is 12.1. The van der Waals surface area contributed by atoms with Crippen molar-refractivity contribution < 1.29 is 14.3 Å². The van der Waals surface area contributed by atoms with Crippen molar-refractivity contribution in [3.8, 4) is 34.3 Å². The predicted octanol–water partition coefficient (Wildman–Crippen LogP) is 7.36. The Morgan fingerprint density at radius 2 is 1.50 bits per heavy atom. The normalized spacial score (nSPS) is 11.6. The summed E-state index contributed by atoms with van der Waals surface area (Å²) >= 11 is 0. The zero-order valence-corrected chi connectivity index (χ0v) is 18.8. The third-order valence-electron chi connectivity index (χ3n) is 5.84. The minimum Gasteiger partial charge on any atom is -0.507 e. The highest BCUT2D eigenvalue weighted by atomic mass is 16.5. The molecule has 0 unspecified atom stereocenters. The molecule has 6 rings (SSSR count). The van der Waals surface area contributed by atoms with Crippen molar-refractivity contribution in [2.75, 3.05) is 0 Å². The summed E-state index contributed by atoms with van der Waals surface area (Å²) in [7, 11) is 0. The number of hydrogen-bond donors (Lipinski definition) is 1. The smallest absolute Gasteiger partial charge is 0.217 e. The van der Waals surface area contributed by atoms with Gasteiger partial charge in [0.25, 0.3) is 0 Å². The van der Waals surface area contributed by atoms with E-state index in [4.69, 9.17) is 14.1 Å². The molecule has 0 radical (unpaired) electrons. The van der Waals surface area contributed by atoms with Crippen molar-refractivity contribution in [1.29, 1.82) is 0 Å². The van der Waals surface area contributed by atoms with Gasteiger partial charge in [-0.25, -0.2) is 4.98 Å². The molecule has 2 aromatic heterocycles. The van der Waals surface area contributed by atoms with E-state index in [9.17, 15) is 5.11 Å². The minimum atomic E-state index is -0.0476. The van der Waals surface area contributed by atoms with Gasteiger partial charge in [0.15, 0.2) is 5.82 Å². The molecule has 5 nitrogen and oxygen atoms in total. The number of phenols is 1. The average molecular weight is 447 g/mol. The van der Waals surface area contributed by atoms with Crippen LogP contribution < -0.4 is 4.74 Å². The summed E-state index contributed by atoms with van der Waals surface area (Å²) in [4.78, 5) is 9.34. The predicted molar refractivity (Wildman–Crippen MR) is 135 cm³/mol. The van der Waals surface area contributed by atoms with E-state index < -0.39 is 0 Å². The Morgan fingerprint density at radius 3 is 2.29 bits per heavy atom. The molecule has 4 aromatic carbocycles. The van der Waals surface area contributed by atoms with Crippen LogP contribution in [-0.4, -0.2) is 21.2 Å². The first-order valence-electron chi connectivity index (χ1n) is 11.2. The van der Waals surface area contributed by atoms with Crippen LogP contribution in [0.1, 0.15) is 13.8 Å². The molecule has 5 heteroatoms. The van der Waals surface area contributed by atoms with Gasteiger partial charge in [-0.1, -0.05) is 36.4 Å². The van der Waals surface area contributed by atoms with Gasteiger partial charge in [0.05, 0.1) is 17.4 Å². The van der Waals surface area contributed by atoms with E-state index in [-0.39, 0.29) is 11.9 Å². The Balaban J connectivity index is 1.55. The quantitative estimate of drug-likeness (QED) is 0.306. The van der Waals surface area contributed by atoms with Crippen molar-refractivity contribution in [2.45, 2.75) is 20.0 Å². The lowest BCUT2D eigenvalue weighted by atomic mass is 10.0. The van der Waals surface area contributed by atoms with Crippen molar-refractivity contribution in [2.24, 2.45) is 0 Å². The number of aromatic nitrogens is 2. The van der Waals surface area contributed by atoms with E-state index in [1.54, 1.807) is 18.2 Å². The lowest BCUT2D eigenvalue weighted by Crippen LogP contribution is -2.08. The first kappa shape index (κ1) is 20.2. The largest absolute Gasteiger partial charge is 0.507 e. The molecular weight excluding hydrogens is 424 g/mol. The zero-order chi connectivity index (χ0) is 23.2. The number of fused-ring (bicyclic) bond motifs is 4. The number of furan rings is 1. The molecule has 166 valence electrons. The Bertz CT molecular complexity index is 1680. The van der Waals surface area contributed by atoms with Gasteiger partial charge >= 0.3 is 0 Å². The minimum absolute atomic E-state index is 0.0476. The van der Waals surface area contributed by atoms with Crippen LogP contribution in [0.2, 0.25) is 0 Å². The van der Waals surface area contributed by atoms with Crippen LogP contribution in [0.15, 0.2) is 89.3 Å². The maximum absolute atomic E-state index is 10.4. The van der Waals surface area contributed by atoms with Crippen molar-refractivity contribution in [1.82, 2.24) is 9.97 Å². The van der Waals surface area contributed by atoms with Crippen molar-refractivity contribution in [3.63, 3.8) is 0 Å². The second-order valence-corrected chi connectivity index (χ2v) is 8.61. The summed E-state index contributed by atoms with van der Waals surface area (Å²) in [5.74, 6) is 0.995. The van der Waals surface area contributed by atoms with E-state index in [0.717, 1.165) is 32.9 Å². The molecule has 0 bridgehead atoms. The first-order chi connectivity index (χ1) is 16.5. The molecule has 1 N–H and O–H groups in total. The lowest BCUT2D eigenvalue weighted by Gasteiger charge is -2.12. The van der Waals surface area contributed by atoms with Crippen molar-refractivity contribution >= 4 is 32.7 Å². The topological polar surface area (TPSA) is 68.4 Å². The molecule has 0 aliphatic heterocycles. The van der Waals surface area contributed by atoms with Gasteiger partial charge in [0, 0.05) is 22.4 Å². The van der Waals surface area contributed by atoms with Gasteiger partial charge in [0.1, 0.15) is 16.9 Å². The highest BCUT2D eigenvalue weighted by Gasteiger charge is 2.15. The zero-order valence-electron chi connectivity index (χ0n) is 18.8. The van der Waals surface area contributed by atoms with Crippen molar-refractivity contribution in [3.05, 3.63) is 84.9 Å². The second kappa shape index (κ2) is 7.89. The number of benzene rings is 4. The molecule has 0 fully saturated rings. The third-order valence-corrected chi connectivity index (χ3v) is 5.84. The maximum atomic E-state index is 10.4. The monoisotopic (exact) mass is 446 g/mol. The molecular formula is C29H22N2O3. The summed E-state index contributed by atoms with van der Waals surface area (Å²) in [5, 5.41) is 14.8. The van der Waals surface area contributed by atoms with Gasteiger partial charge in [0.2, 0.25) is 5.88 Å². The van der Waals surface area contributed by atoms with E-state index in [2.05, 4.69) is 35.3 Å². The summed E-state index contributed by atoms with van der Waals surface area (Å²) in [6.07, 6.45) is -0.0476. The van der Waals surface area contributed by atoms with Crippen LogP contribution in [0.4, 0.5) is 0 Å². The number of hydrogen-bond acceptors (Lipinski definition) is 5. The molecule has 0 amide bonds. The number of aromatic hydroxyl groups is 1. The molecule has 0 spiro atoms. The molecule has 34 heavy (non-hydrogen) atoms. The van der Waals surface area contributed by atoms with Gasteiger partial charge in [-0.2, -0.15) is 4.98 Å². The summed E-state index contributed by atoms with van der Waals surface area (Å²) in [5.41, 5.74) is 3.85. The number of nitrogens with zero attached hydrogens (tertiary/aromatic N) is 2. The SMILES string of the molecule is CC(C)Oc1cc(-c2ccc3oc4cc5ccccc5cc4c3c2)nc(-c2ccccc2O)n1. The number of phenolic OH excluding ortho intramolecular Hbond substituents is 1. The fraction of sp³-hybridized carbons (Fsp3) is 0.103. The average Bonchev–Trinajstić information content (AvgIpc) is 3.19. The Morgan fingerprint density at radius 1 is 0.765 bits per heavy atom. The van der Waals surface area contributed by atoms with Gasteiger partial charge in [-0.3, -0.25) is 0 Å². The standard InChI is InChI=1S/C29H22N2O3/c1-17(2)33-28-16-24(30-29(31-28)21-9-5-6-10-25(21)32)20-11-12-26-22(14-20)23-13-18-7-3-4-8-19(18)15-27(23)34-26/h3-17,32H,1-2H3. The van der Waals surface area contributed by atoms with Gasteiger partial charge in [-0.05, 0) is 67.1 Å². The summed E-state index contributed by atoms with van der Waals surface area (Å²) in [6, 6.07) is 27.4. The molecule has 0 aliphatic carbocycles. The van der Waals surface area contributed by atoms with Gasteiger partial charge < -0.3 is 14.3 Å². The third kappa shape index (κ3) is 3.52. The van der Waals surface area contributed by atoms with Crippen LogP contribution in [0.25, 0.3) is 55.4 Å². The number of rotatable bonds is 4. The fourth-order valence-electron chi connectivity index (χ4n) is 4.28. The Hall–Kier alpha value is -4.38. The van der Waals surface area contributed by atoms with E-state index >= 15 is 0 Å². The first-order valence-corrected chi connectivity index (χ1v) is 11.2. The highest BCUT2D eigenvalue weighted by molar-refractivity contribution is 6.10. The summed E-state index contributed by atoms with van der Waals surface area (Å²) in [6.45, 7) is 3.91. The lowest BCUT2D eigenvalue weighted by molar-refractivity contribution is 0.232. The van der Waals surface area contributed by atoms with E-state index in [1.807, 2.05) is 50.2 Å². The Kier molecular flexibility index (Phi) is 4.69. The maximum Gasteiger partial charge on any atom is 0.217 e. The second-order valence-electron chi connectivity index (χ2n) is 8.61. The van der Waals surface area contributed by atoms with Crippen LogP contribution in [0, 0.1) is 0 Å². The molecule has 0 saturated carbocycles. The molecule has 6 aromatic rings. The number of ether oxygens (including phenoxy) is 1. The van der Waals surface area contributed by atoms with Crippen LogP contribution >= 0.6 is 0 Å². The number of para-hydroxylation sites is 1. The van der Waals surface area contributed by atoms with Gasteiger partial charge in [-0.15, -0.1) is 0 Å². The fourth-order valence-corrected chi connectivity index (χ4v) is 4.28. The Labute approximate surface area is 196 Å².